The van der Waals surface area contributed by atoms with Gasteiger partial charge in [-0.05, 0) is 12.8 Å². The van der Waals surface area contributed by atoms with Gasteiger partial charge in [-0.3, -0.25) is 19.3 Å². The molecule has 1 N–H and O–H groups in total. The van der Waals surface area contributed by atoms with Gasteiger partial charge in [-0.15, -0.1) is 0 Å². The van der Waals surface area contributed by atoms with Crippen molar-refractivity contribution in [2.45, 2.75) is 19.8 Å². The first-order valence-electron chi connectivity index (χ1n) is 4.76. The van der Waals surface area contributed by atoms with E-state index in [-0.39, 0.29) is 23.4 Å². The molecule has 1 aliphatic heterocycles. The van der Waals surface area contributed by atoms with Crippen LogP contribution in [0.15, 0.2) is 0 Å². The average Bonchev–Trinajstić information content (AvgIpc) is 2.49. The maximum Gasteiger partial charge on any atom is 0.306 e. The molecule has 0 radical (unpaired) electrons. The molecule has 15 heavy (non-hydrogen) atoms. The molecule has 0 aromatic rings. The topological polar surface area (TPSA) is 74.7 Å². The van der Waals surface area contributed by atoms with Crippen molar-refractivity contribution in [1.29, 1.82) is 0 Å². The number of carboxylic acid groups (broad SMARTS) is 1. The average molecular weight is 231 g/mol. The van der Waals surface area contributed by atoms with E-state index in [1.54, 1.807) is 6.92 Å². The Morgan fingerprint density at radius 1 is 1.60 bits per heavy atom. The molecule has 1 unspecified atom stereocenters. The third-order valence-corrected chi connectivity index (χ3v) is 3.24. The summed E-state index contributed by atoms with van der Waals surface area (Å²) in [6, 6.07) is 0. The smallest absolute Gasteiger partial charge is 0.306 e. The van der Waals surface area contributed by atoms with Crippen LogP contribution in [0.4, 0.5) is 4.79 Å². The minimum absolute atomic E-state index is 0.183. The molecule has 0 aliphatic carbocycles. The lowest BCUT2D eigenvalue weighted by Gasteiger charge is -2.15. The highest BCUT2D eigenvalue weighted by Gasteiger charge is 2.30. The highest BCUT2D eigenvalue weighted by Crippen LogP contribution is 2.20. The summed E-state index contributed by atoms with van der Waals surface area (Å²) in [5.74, 6) is -1.38. The maximum absolute atomic E-state index is 11.2. The number of nitrogens with zero attached hydrogens (tertiary/aromatic N) is 1. The number of hydrogen-bond donors (Lipinski definition) is 1. The monoisotopic (exact) mass is 231 g/mol. The summed E-state index contributed by atoms with van der Waals surface area (Å²) in [6.45, 7) is 2.00. The van der Waals surface area contributed by atoms with Crippen molar-refractivity contribution in [3.8, 4) is 0 Å². The quantitative estimate of drug-likeness (QED) is 0.769. The van der Waals surface area contributed by atoms with E-state index in [0.29, 0.717) is 12.8 Å². The number of carbonyl (C=O) groups is 3. The number of thioether (sulfide) groups is 1. The Kier molecular flexibility index (Phi) is 4.14. The van der Waals surface area contributed by atoms with Crippen LogP contribution in [-0.4, -0.2) is 39.4 Å². The number of carboxylic acids is 1. The molecule has 0 bridgehead atoms. The fourth-order valence-electron chi connectivity index (χ4n) is 1.38. The Bertz CT molecular complexity index is 276. The zero-order valence-corrected chi connectivity index (χ0v) is 9.25. The Labute approximate surface area is 91.8 Å². The molecule has 1 rings (SSSR count). The van der Waals surface area contributed by atoms with Gasteiger partial charge in [-0.1, -0.05) is 18.7 Å². The van der Waals surface area contributed by atoms with Crippen LogP contribution < -0.4 is 0 Å². The molecule has 1 atom stereocenters. The number of aliphatic carboxylic acids is 1. The predicted molar refractivity (Wildman–Crippen MR) is 55.6 cm³/mol. The highest BCUT2D eigenvalue weighted by molar-refractivity contribution is 8.14. The molecular weight excluding hydrogens is 218 g/mol. The van der Waals surface area contributed by atoms with Gasteiger partial charge >= 0.3 is 5.97 Å². The summed E-state index contributed by atoms with van der Waals surface area (Å²) in [7, 11) is 0. The second-order valence-corrected chi connectivity index (χ2v) is 4.26. The standard InChI is InChI=1S/C9H13NO4S/c1-2-6(8(12)13)3-4-10-7(11)5-15-9(10)14/h6H,2-5H2,1H3,(H,12,13). The van der Waals surface area contributed by atoms with Gasteiger partial charge in [-0.25, -0.2) is 0 Å². The maximum atomic E-state index is 11.2. The van der Waals surface area contributed by atoms with Gasteiger partial charge in [-0.2, -0.15) is 0 Å². The van der Waals surface area contributed by atoms with Crippen molar-refractivity contribution in [2.24, 2.45) is 5.92 Å². The number of carbonyl (C=O) groups excluding carboxylic acids is 2. The molecule has 1 fully saturated rings. The van der Waals surface area contributed by atoms with Crippen LogP contribution in [0, 0.1) is 5.92 Å². The van der Waals surface area contributed by atoms with Gasteiger partial charge in [0.1, 0.15) is 0 Å². The van der Waals surface area contributed by atoms with E-state index in [9.17, 15) is 14.4 Å². The van der Waals surface area contributed by atoms with Gasteiger partial charge in [0.05, 0.1) is 11.7 Å². The van der Waals surface area contributed by atoms with E-state index < -0.39 is 11.9 Å². The number of hydrogen-bond acceptors (Lipinski definition) is 4. The van der Waals surface area contributed by atoms with E-state index >= 15 is 0 Å². The second kappa shape index (κ2) is 5.16. The Morgan fingerprint density at radius 2 is 2.27 bits per heavy atom. The first-order chi connectivity index (χ1) is 7.06. The molecule has 0 aromatic carbocycles. The van der Waals surface area contributed by atoms with Gasteiger partial charge in [0.2, 0.25) is 5.91 Å². The largest absolute Gasteiger partial charge is 0.481 e. The lowest BCUT2D eigenvalue weighted by molar-refractivity contribution is -0.142. The van der Waals surface area contributed by atoms with Crippen molar-refractivity contribution in [2.75, 3.05) is 12.3 Å². The number of imide groups is 1. The van der Waals surface area contributed by atoms with Gasteiger partial charge in [0.25, 0.3) is 5.24 Å². The van der Waals surface area contributed by atoms with Crippen molar-refractivity contribution < 1.29 is 19.5 Å². The van der Waals surface area contributed by atoms with E-state index in [1.165, 1.54) is 0 Å². The van der Waals surface area contributed by atoms with Crippen LogP contribution in [-0.2, 0) is 9.59 Å². The normalized spacial score (nSPS) is 18.3. The van der Waals surface area contributed by atoms with Gasteiger partial charge < -0.3 is 5.11 Å². The van der Waals surface area contributed by atoms with Crippen molar-refractivity contribution >= 4 is 28.9 Å². The van der Waals surface area contributed by atoms with E-state index in [1.807, 2.05) is 0 Å². The van der Waals surface area contributed by atoms with Gasteiger partial charge in [0.15, 0.2) is 0 Å². The van der Waals surface area contributed by atoms with E-state index in [4.69, 9.17) is 5.11 Å². The summed E-state index contributed by atoms with van der Waals surface area (Å²) in [5, 5.41) is 8.52. The third kappa shape index (κ3) is 2.95. The zero-order valence-electron chi connectivity index (χ0n) is 8.43. The summed E-state index contributed by atoms with van der Waals surface area (Å²) >= 11 is 0.971. The molecule has 1 saturated heterocycles. The van der Waals surface area contributed by atoms with E-state index in [0.717, 1.165) is 16.7 Å². The minimum Gasteiger partial charge on any atom is -0.481 e. The zero-order chi connectivity index (χ0) is 11.4. The molecule has 5 nitrogen and oxygen atoms in total. The van der Waals surface area contributed by atoms with Crippen molar-refractivity contribution in [1.82, 2.24) is 4.90 Å². The van der Waals surface area contributed by atoms with Crippen LogP contribution in [0.3, 0.4) is 0 Å². The molecular formula is C9H13NO4S. The molecule has 1 aliphatic rings. The first-order valence-corrected chi connectivity index (χ1v) is 5.74. The molecule has 0 spiro atoms. The summed E-state index contributed by atoms with van der Waals surface area (Å²) in [4.78, 5) is 34.2. The molecule has 0 aromatic heterocycles. The first kappa shape index (κ1) is 12.0. The van der Waals surface area contributed by atoms with E-state index in [2.05, 4.69) is 0 Å². The second-order valence-electron chi connectivity index (χ2n) is 3.33. The fraction of sp³-hybridized carbons (Fsp3) is 0.667. The molecule has 0 saturated carbocycles. The lowest BCUT2D eigenvalue weighted by atomic mass is 10.0. The minimum atomic E-state index is -0.871. The summed E-state index contributed by atoms with van der Waals surface area (Å²) in [6.07, 6.45) is 0.850. The molecule has 6 heteroatoms. The SMILES string of the molecule is CCC(CCN1C(=O)CSC1=O)C(=O)O. The third-order valence-electron chi connectivity index (χ3n) is 2.38. The Hall–Kier alpha value is -1.04. The summed E-state index contributed by atoms with van der Waals surface area (Å²) < 4.78 is 0. The van der Waals surface area contributed by atoms with Crippen LogP contribution in [0.1, 0.15) is 19.8 Å². The van der Waals surface area contributed by atoms with Crippen molar-refractivity contribution in [3.63, 3.8) is 0 Å². The molecule has 84 valence electrons. The number of rotatable bonds is 5. The molecule has 2 amide bonds. The van der Waals surface area contributed by atoms with Crippen molar-refractivity contribution in [3.05, 3.63) is 0 Å². The summed E-state index contributed by atoms with van der Waals surface area (Å²) in [5.41, 5.74) is 0. The number of amides is 2. The fourth-order valence-corrected chi connectivity index (χ4v) is 2.14. The Morgan fingerprint density at radius 3 is 2.67 bits per heavy atom. The Balaban J connectivity index is 2.45. The van der Waals surface area contributed by atoms with Gasteiger partial charge in [0, 0.05) is 6.54 Å². The van der Waals surface area contributed by atoms with Crippen LogP contribution in [0.25, 0.3) is 0 Å². The predicted octanol–water partition coefficient (Wildman–Crippen LogP) is 1.18. The highest BCUT2D eigenvalue weighted by atomic mass is 32.2. The molecule has 1 heterocycles. The van der Waals surface area contributed by atoms with Crippen LogP contribution >= 0.6 is 11.8 Å². The lowest BCUT2D eigenvalue weighted by Crippen LogP contribution is -2.31. The van der Waals surface area contributed by atoms with Crippen LogP contribution in [0.5, 0.6) is 0 Å². The van der Waals surface area contributed by atoms with Crippen LogP contribution in [0.2, 0.25) is 0 Å².